The maximum Gasteiger partial charge on any atom is 0.205 e. The summed E-state index contributed by atoms with van der Waals surface area (Å²) in [6.45, 7) is 6.28. The fourth-order valence-corrected chi connectivity index (χ4v) is 2.00. The van der Waals surface area contributed by atoms with Gasteiger partial charge in [0.15, 0.2) is 5.89 Å². The lowest BCUT2D eigenvalue weighted by Gasteiger charge is -2.29. The number of hydrogen-bond donors (Lipinski definition) is 0. The van der Waals surface area contributed by atoms with Gasteiger partial charge in [0.25, 0.3) is 0 Å². The van der Waals surface area contributed by atoms with Crippen molar-refractivity contribution in [1.29, 1.82) is 0 Å². The van der Waals surface area contributed by atoms with Crippen LogP contribution in [0.3, 0.4) is 0 Å². The molecule has 1 saturated heterocycles. The lowest BCUT2D eigenvalue weighted by Crippen LogP contribution is -2.35. The Morgan fingerprint density at radius 1 is 1.64 bits per heavy atom. The minimum atomic E-state index is 0.480. The first-order valence-electron chi connectivity index (χ1n) is 5.25. The fourth-order valence-electron chi connectivity index (χ4n) is 2.00. The summed E-state index contributed by atoms with van der Waals surface area (Å²) in [5.41, 5.74) is 0.984. The molecule has 1 aromatic rings. The van der Waals surface area contributed by atoms with E-state index in [1.54, 1.807) is 6.26 Å². The Morgan fingerprint density at radius 2 is 2.50 bits per heavy atom. The van der Waals surface area contributed by atoms with Crippen LogP contribution >= 0.6 is 0 Å². The monoisotopic (exact) mass is 191 g/mol. The van der Waals surface area contributed by atoms with Gasteiger partial charge < -0.3 is 9.23 Å². The summed E-state index contributed by atoms with van der Waals surface area (Å²) in [6, 6.07) is 0. The molecule has 1 aromatic heterocycles. The molecular formula is C10H16BN2O. The van der Waals surface area contributed by atoms with Crippen molar-refractivity contribution < 1.29 is 4.42 Å². The van der Waals surface area contributed by atoms with E-state index in [9.17, 15) is 0 Å². The van der Waals surface area contributed by atoms with Gasteiger partial charge >= 0.3 is 0 Å². The van der Waals surface area contributed by atoms with Crippen LogP contribution in [0.15, 0.2) is 10.7 Å². The second-order valence-corrected chi connectivity index (χ2v) is 3.92. The minimum Gasteiger partial charge on any atom is -0.448 e. The van der Waals surface area contributed by atoms with Crippen molar-refractivity contribution in [2.75, 3.05) is 13.1 Å². The lowest BCUT2D eigenvalue weighted by molar-refractivity contribution is 0.290. The van der Waals surface area contributed by atoms with Gasteiger partial charge in [-0.25, -0.2) is 4.98 Å². The largest absolute Gasteiger partial charge is 0.448 e. The highest BCUT2D eigenvalue weighted by Crippen LogP contribution is 2.25. The highest BCUT2D eigenvalue weighted by atomic mass is 16.3. The third-order valence-corrected chi connectivity index (χ3v) is 2.80. The standard InChI is InChI=1S/C10H16BN2O/c1-8-7-14-10(12-8)9-4-3-5-13(6-9)11-2/h7,9H,3-6H2,1-2H3. The van der Waals surface area contributed by atoms with Gasteiger partial charge in [-0.05, 0) is 32.9 Å². The van der Waals surface area contributed by atoms with Gasteiger partial charge in [0.1, 0.15) is 6.26 Å². The Bertz CT molecular complexity index is 300. The third-order valence-electron chi connectivity index (χ3n) is 2.80. The molecule has 1 atom stereocenters. The average molecular weight is 191 g/mol. The molecule has 0 aromatic carbocycles. The Kier molecular flexibility index (Phi) is 2.92. The lowest BCUT2D eigenvalue weighted by atomic mass is 9.88. The van der Waals surface area contributed by atoms with Crippen LogP contribution in [-0.4, -0.2) is 30.3 Å². The molecule has 1 unspecified atom stereocenters. The topological polar surface area (TPSA) is 29.3 Å². The molecule has 0 saturated carbocycles. The van der Waals surface area contributed by atoms with E-state index >= 15 is 0 Å². The van der Waals surface area contributed by atoms with Crippen molar-refractivity contribution in [2.45, 2.75) is 32.5 Å². The molecule has 1 aliphatic heterocycles. The predicted octanol–water partition coefficient (Wildman–Crippen LogP) is 1.83. The van der Waals surface area contributed by atoms with Gasteiger partial charge in [-0.1, -0.05) is 6.82 Å². The Balaban J connectivity index is 2.04. The van der Waals surface area contributed by atoms with Crippen LogP contribution in [-0.2, 0) is 0 Å². The Hall–Kier alpha value is -0.765. The van der Waals surface area contributed by atoms with E-state index < -0.39 is 0 Å². The highest BCUT2D eigenvalue weighted by molar-refractivity contribution is 6.29. The van der Waals surface area contributed by atoms with E-state index in [0.717, 1.165) is 18.1 Å². The van der Waals surface area contributed by atoms with Crippen molar-refractivity contribution in [3.05, 3.63) is 17.8 Å². The number of hydrogen-bond acceptors (Lipinski definition) is 3. The zero-order valence-electron chi connectivity index (χ0n) is 8.86. The van der Waals surface area contributed by atoms with Gasteiger partial charge in [0, 0.05) is 5.92 Å². The van der Waals surface area contributed by atoms with E-state index in [-0.39, 0.29) is 0 Å². The molecule has 2 rings (SSSR count). The molecular weight excluding hydrogens is 175 g/mol. The van der Waals surface area contributed by atoms with Crippen molar-refractivity contribution in [1.82, 2.24) is 9.79 Å². The zero-order chi connectivity index (χ0) is 9.97. The third kappa shape index (κ3) is 2.00. The number of aryl methyl sites for hydroxylation is 1. The van der Waals surface area contributed by atoms with Gasteiger partial charge in [-0.15, -0.1) is 0 Å². The molecule has 0 spiro atoms. The molecule has 75 valence electrons. The van der Waals surface area contributed by atoms with Crippen molar-refractivity contribution >= 4 is 7.41 Å². The van der Waals surface area contributed by atoms with E-state index in [4.69, 9.17) is 4.42 Å². The first-order chi connectivity index (χ1) is 6.79. The molecule has 4 heteroatoms. The second kappa shape index (κ2) is 4.17. The summed E-state index contributed by atoms with van der Waals surface area (Å²) in [5.74, 6) is 1.39. The van der Waals surface area contributed by atoms with E-state index in [1.165, 1.54) is 19.4 Å². The van der Waals surface area contributed by atoms with E-state index in [0.29, 0.717) is 5.92 Å². The predicted molar refractivity (Wildman–Crippen MR) is 56.4 cm³/mol. The summed E-state index contributed by atoms with van der Waals surface area (Å²) in [7, 11) is 2.15. The first-order valence-corrected chi connectivity index (χ1v) is 5.25. The Morgan fingerprint density at radius 3 is 3.14 bits per heavy atom. The molecule has 14 heavy (non-hydrogen) atoms. The summed E-state index contributed by atoms with van der Waals surface area (Å²) in [4.78, 5) is 6.74. The van der Waals surface area contributed by atoms with Gasteiger partial charge in [0.2, 0.25) is 7.41 Å². The maximum absolute atomic E-state index is 5.44. The molecule has 2 heterocycles. The number of rotatable bonds is 2. The molecule has 0 amide bonds. The van der Waals surface area contributed by atoms with Gasteiger partial charge in [-0.2, -0.15) is 0 Å². The quantitative estimate of drug-likeness (QED) is 0.667. The van der Waals surface area contributed by atoms with Crippen LogP contribution in [0.4, 0.5) is 0 Å². The van der Waals surface area contributed by atoms with Crippen molar-refractivity contribution in [3.63, 3.8) is 0 Å². The van der Waals surface area contributed by atoms with Crippen LogP contribution in [0.5, 0.6) is 0 Å². The molecule has 1 radical (unpaired) electrons. The molecule has 1 aliphatic rings. The number of piperidine rings is 1. The molecule has 0 N–H and O–H groups in total. The first kappa shape index (κ1) is 9.78. The summed E-state index contributed by atoms with van der Waals surface area (Å²) >= 11 is 0. The highest BCUT2D eigenvalue weighted by Gasteiger charge is 2.23. The maximum atomic E-state index is 5.44. The van der Waals surface area contributed by atoms with Crippen LogP contribution in [0.25, 0.3) is 0 Å². The van der Waals surface area contributed by atoms with Crippen molar-refractivity contribution in [2.24, 2.45) is 0 Å². The normalized spacial score (nSPS) is 23.7. The zero-order valence-corrected chi connectivity index (χ0v) is 8.86. The van der Waals surface area contributed by atoms with E-state index in [1.807, 2.05) is 6.92 Å². The molecule has 1 fully saturated rings. The van der Waals surface area contributed by atoms with Crippen LogP contribution in [0.2, 0.25) is 6.82 Å². The number of aromatic nitrogens is 1. The molecule has 0 aliphatic carbocycles. The summed E-state index contributed by atoms with van der Waals surface area (Å²) < 4.78 is 5.44. The number of oxazole rings is 1. The Labute approximate surface area is 85.8 Å². The van der Waals surface area contributed by atoms with Gasteiger partial charge in [-0.3, -0.25) is 0 Å². The van der Waals surface area contributed by atoms with Gasteiger partial charge in [0.05, 0.1) is 5.69 Å². The minimum absolute atomic E-state index is 0.480. The second-order valence-electron chi connectivity index (χ2n) is 3.92. The van der Waals surface area contributed by atoms with Crippen LogP contribution in [0, 0.1) is 6.92 Å². The molecule has 3 nitrogen and oxygen atoms in total. The fraction of sp³-hybridized carbons (Fsp3) is 0.700. The van der Waals surface area contributed by atoms with Crippen LogP contribution < -0.4 is 0 Å². The van der Waals surface area contributed by atoms with Crippen molar-refractivity contribution in [3.8, 4) is 0 Å². The van der Waals surface area contributed by atoms with E-state index in [2.05, 4.69) is 24.0 Å². The number of nitrogens with zero attached hydrogens (tertiary/aromatic N) is 2. The summed E-state index contributed by atoms with van der Waals surface area (Å²) in [5, 5.41) is 0. The SMILES string of the molecule is C[B]N1CCCC(c2nc(C)co2)C1. The van der Waals surface area contributed by atoms with Crippen LogP contribution in [0.1, 0.15) is 30.3 Å². The average Bonchev–Trinajstić information content (AvgIpc) is 2.65. The smallest absolute Gasteiger partial charge is 0.205 e. The summed E-state index contributed by atoms with van der Waals surface area (Å²) in [6.07, 6.45) is 4.17. The molecule has 0 bridgehead atoms.